The van der Waals surface area contributed by atoms with Crippen LogP contribution in [0.15, 0.2) is 24.3 Å². The third-order valence-corrected chi connectivity index (χ3v) is 6.50. The topological polar surface area (TPSA) is 69.3 Å². The van der Waals surface area contributed by atoms with Gasteiger partial charge in [-0.15, -0.1) is 0 Å². The molecular formula is C23H27F3N4O2. The minimum Gasteiger partial charge on any atom is -0.338 e. The molecule has 0 spiro atoms. The summed E-state index contributed by atoms with van der Waals surface area (Å²) in [5.74, 6) is -0.428. The van der Waals surface area contributed by atoms with Crippen LogP contribution in [0.25, 0.3) is 0 Å². The predicted molar refractivity (Wildman–Crippen MR) is 112 cm³/mol. The van der Waals surface area contributed by atoms with Crippen LogP contribution in [0.4, 0.5) is 13.2 Å². The summed E-state index contributed by atoms with van der Waals surface area (Å²) in [6, 6.07) is 5.69. The zero-order valence-corrected chi connectivity index (χ0v) is 18.0. The van der Waals surface area contributed by atoms with Crippen molar-refractivity contribution in [3.8, 4) is 0 Å². The summed E-state index contributed by atoms with van der Waals surface area (Å²) < 4.78 is 40.2. The minimum atomic E-state index is -4.39. The first kappa shape index (κ1) is 22.4. The highest BCUT2D eigenvalue weighted by Crippen LogP contribution is 2.38. The van der Waals surface area contributed by atoms with Gasteiger partial charge in [0.1, 0.15) is 0 Å². The van der Waals surface area contributed by atoms with Crippen LogP contribution in [0.5, 0.6) is 0 Å². The molecule has 0 aliphatic carbocycles. The van der Waals surface area contributed by atoms with Crippen LogP contribution in [-0.4, -0.2) is 51.4 Å². The van der Waals surface area contributed by atoms with Crippen LogP contribution in [0.1, 0.15) is 71.4 Å². The smallest absolute Gasteiger partial charge is 0.338 e. The zero-order valence-electron chi connectivity index (χ0n) is 18.0. The molecule has 2 aromatic rings. The van der Waals surface area contributed by atoms with Crippen molar-refractivity contribution in [1.29, 1.82) is 0 Å². The molecule has 2 aliphatic rings. The number of benzene rings is 1. The van der Waals surface area contributed by atoms with Crippen molar-refractivity contribution < 1.29 is 22.8 Å². The molecule has 32 heavy (non-hydrogen) atoms. The highest BCUT2D eigenvalue weighted by Gasteiger charge is 2.37. The first-order chi connectivity index (χ1) is 15.3. The summed E-state index contributed by atoms with van der Waals surface area (Å²) in [6.07, 6.45) is -1.53. The summed E-state index contributed by atoms with van der Waals surface area (Å²) in [7, 11) is 0. The fourth-order valence-electron chi connectivity index (χ4n) is 4.76. The van der Waals surface area contributed by atoms with Crippen molar-refractivity contribution >= 4 is 11.8 Å². The number of H-pyrrole nitrogens is 1. The van der Waals surface area contributed by atoms with Crippen molar-refractivity contribution in [2.75, 3.05) is 19.6 Å². The molecule has 9 heteroatoms. The second kappa shape index (κ2) is 8.96. The number of aromatic amines is 1. The number of aryl methyl sites for hydroxylation is 1. The van der Waals surface area contributed by atoms with Crippen molar-refractivity contribution in [3.63, 3.8) is 0 Å². The number of fused-ring (bicyclic) bond motifs is 1. The SMILES string of the molecule is CCC(=O)N1CCCc2[nH]nc(C(=O)N3CCC(c4ccccc4C(F)(F)F)CC3)c2C1. The molecule has 172 valence electrons. The monoisotopic (exact) mass is 448 g/mol. The number of hydrogen-bond acceptors (Lipinski definition) is 3. The lowest BCUT2D eigenvalue weighted by Crippen LogP contribution is -2.39. The average Bonchev–Trinajstić information content (AvgIpc) is 3.07. The number of carbonyl (C=O) groups is 2. The van der Waals surface area contributed by atoms with Gasteiger partial charge in [0.05, 0.1) is 5.56 Å². The Balaban J connectivity index is 1.48. The number of likely N-dealkylation sites (tertiary alicyclic amines) is 1. The normalized spacial score (nSPS) is 17.8. The number of carbonyl (C=O) groups excluding carboxylic acids is 2. The number of rotatable bonds is 3. The van der Waals surface area contributed by atoms with Crippen LogP contribution < -0.4 is 0 Å². The van der Waals surface area contributed by atoms with E-state index in [-0.39, 0.29) is 17.7 Å². The molecule has 1 N–H and O–H groups in total. The van der Waals surface area contributed by atoms with Gasteiger partial charge in [0.2, 0.25) is 5.91 Å². The quantitative estimate of drug-likeness (QED) is 0.768. The largest absolute Gasteiger partial charge is 0.416 e. The number of nitrogens with zero attached hydrogens (tertiary/aromatic N) is 3. The van der Waals surface area contributed by atoms with Gasteiger partial charge >= 0.3 is 6.18 Å². The molecule has 2 aliphatic heterocycles. The van der Waals surface area contributed by atoms with E-state index in [2.05, 4.69) is 10.2 Å². The highest BCUT2D eigenvalue weighted by molar-refractivity contribution is 5.94. The summed E-state index contributed by atoms with van der Waals surface area (Å²) in [5.41, 5.74) is 1.68. The van der Waals surface area contributed by atoms with Gasteiger partial charge in [0.25, 0.3) is 5.91 Å². The van der Waals surface area contributed by atoms with E-state index in [9.17, 15) is 22.8 Å². The minimum absolute atomic E-state index is 0.0431. The van der Waals surface area contributed by atoms with Gasteiger partial charge in [-0.05, 0) is 43.2 Å². The molecule has 4 rings (SSSR count). The standard InChI is InChI=1S/C23H27F3N4O2/c1-2-20(31)30-11-5-8-19-17(14-30)21(28-27-19)22(32)29-12-9-15(10-13-29)16-6-3-4-7-18(16)23(24,25)26/h3-4,6-7,15H,2,5,8-14H2,1H3,(H,27,28). The Kier molecular flexibility index (Phi) is 6.26. The summed E-state index contributed by atoms with van der Waals surface area (Å²) in [6.45, 7) is 3.56. The molecule has 0 atom stereocenters. The van der Waals surface area contributed by atoms with Crippen LogP contribution in [0, 0.1) is 0 Å². The maximum Gasteiger partial charge on any atom is 0.416 e. The maximum absolute atomic E-state index is 13.4. The fraction of sp³-hybridized carbons (Fsp3) is 0.522. The Morgan fingerprint density at radius 1 is 1.12 bits per heavy atom. The van der Waals surface area contributed by atoms with Gasteiger partial charge in [0.15, 0.2) is 5.69 Å². The van der Waals surface area contributed by atoms with Gasteiger partial charge < -0.3 is 9.80 Å². The van der Waals surface area contributed by atoms with Gasteiger partial charge in [-0.25, -0.2) is 0 Å². The first-order valence-corrected chi connectivity index (χ1v) is 11.1. The van der Waals surface area contributed by atoms with Crippen LogP contribution in [0.3, 0.4) is 0 Å². The van der Waals surface area contributed by atoms with Crippen molar-refractivity contribution in [1.82, 2.24) is 20.0 Å². The second-order valence-corrected chi connectivity index (χ2v) is 8.45. The Hall–Kier alpha value is -2.84. The number of hydrogen-bond donors (Lipinski definition) is 1. The number of halogens is 3. The summed E-state index contributed by atoms with van der Waals surface area (Å²) in [4.78, 5) is 28.9. The molecule has 2 amide bonds. The van der Waals surface area contributed by atoms with E-state index in [1.165, 1.54) is 12.1 Å². The molecular weight excluding hydrogens is 421 g/mol. The molecule has 1 aromatic carbocycles. The Morgan fingerprint density at radius 2 is 1.84 bits per heavy atom. The Morgan fingerprint density at radius 3 is 2.53 bits per heavy atom. The van der Waals surface area contributed by atoms with E-state index in [4.69, 9.17) is 0 Å². The summed E-state index contributed by atoms with van der Waals surface area (Å²) >= 11 is 0. The van der Waals surface area contributed by atoms with E-state index in [1.807, 2.05) is 6.92 Å². The first-order valence-electron chi connectivity index (χ1n) is 11.1. The molecule has 1 fully saturated rings. The lowest BCUT2D eigenvalue weighted by atomic mass is 9.86. The zero-order chi connectivity index (χ0) is 22.9. The number of aromatic nitrogens is 2. The Bertz CT molecular complexity index is 993. The van der Waals surface area contributed by atoms with Gasteiger partial charge in [-0.1, -0.05) is 25.1 Å². The lowest BCUT2D eigenvalue weighted by Gasteiger charge is -2.33. The van der Waals surface area contributed by atoms with E-state index < -0.39 is 11.7 Å². The number of alkyl halides is 3. The Labute approximate surface area is 184 Å². The van der Waals surface area contributed by atoms with Crippen LogP contribution >= 0.6 is 0 Å². The maximum atomic E-state index is 13.4. The van der Waals surface area contributed by atoms with Gasteiger partial charge in [0, 0.05) is 43.9 Å². The summed E-state index contributed by atoms with van der Waals surface area (Å²) in [5, 5.41) is 7.22. The van der Waals surface area contributed by atoms with E-state index in [0.717, 1.165) is 30.2 Å². The second-order valence-electron chi connectivity index (χ2n) is 8.45. The lowest BCUT2D eigenvalue weighted by molar-refractivity contribution is -0.138. The van der Waals surface area contributed by atoms with E-state index in [1.54, 1.807) is 15.9 Å². The van der Waals surface area contributed by atoms with E-state index in [0.29, 0.717) is 56.7 Å². The molecule has 1 saturated heterocycles. The molecule has 0 saturated carbocycles. The molecule has 0 unspecified atom stereocenters. The molecule has 6 nitrogen and oxygen atoms in total. The number of nitrogens with one attached hydrogen (secondary N) is 1. The van der Waals surface area contributed by atoms with Crippen molar-refractivity contribution in [2.45, 2.75) is 57.7 Å². The number of amides is 2. The number of piperidine rings is 1. The van der Waals surface area contributed by atoms with Crippen LogP contribution in [0.2, 0.25) is 0 Å². The van der Waals surface area contributed by atoms with Crippen molar-refractivity contribution in [3.05, 3.63) is 52.3 Å². The van der Waals surface area contributed by atoms with Gasteiger partial charge in [-0.2, -0.15) is 18.3 Å². The highest BCUT2D eigenvalue weighted by atomic mass is 19.4. The van der Waals surface area contributed by atoms with Crippen molar-refractivity contribution in [2.24, 2.45) is 0 Å². The van der Waals surface area contributed by atoms with Crippen LogP contribution in [-0.2, 0) is 23.9 Å². The third-order valence-electron chi connectivity index (χ3n) is 6.50. The molecule has 1 aromatic heterocycles. The molecule has 0 radical (unpaired) electrons. The average molecular weight is 448 g/mol. The van der Waals surface area contributed by atoms with Gasteiger partial charge in [-0.3, -0.25) is 14.7 Å². The third kappa shape index (κ3) is 4.38. The molecule has 0 bridgehead atoms. The van der Waals surface area contributed by atoms with E-state index >= 15 is 0 Å². The fourth-order valence-corrected chi connectivity index (χ4v) is 4.76. The predicted octanol–water partition coefficient (Wildman–Crippen LogP) is 4.13. The molecule has 3 heterocycles.